The van der Waals surface area contributed by atoms with Gasteiger partial charge in [-0.15, -0.1) is 0 Å². The van der Waals surface area contributed by atoms with Gasteiger partial charge in [0.1, 0.15) is 0 Å². The maximum atomic E-state index is 13.0. The molecule has 32 heavy (non-hydrogen) atoms. The van der Waals surface area contributed by atoms with Gasteiger partial charge in [0.15, 0.2) is 5.76 Å². The summed E-state index contributed by atoms with van der Waals surface area (Å²) in [6.45, 7) is 3.04. The van der Waals surface area contributed by atoms with Gasteiger partial charge in [-0.05, 0) is 56.8 Å². The van der Waals surface area contributed by atoms with E-state index in [1.54, 1.807) is 6.20 Å². The average molecular weight is 441 g/mol. The van der Waals surface area contributed by atoms with Crippen molar-refractivity contribution in [1.29, 1.82) is 0 Å². The van der Waals surface area contributed by atoms with Gasteiger partial charge in [-0.1, -0.05) is 42.5 Å². The molecule has 1 atom stereocenters. The van der Waals surface area contributed by atoms with Gasteiger partial charge in [-0.25, -0.2) is 4.98 Å². The molecule has 5 nitrogen and oxygen atoms in total. The van der Waals surface area contributed by atoms with E-state index in [0.717, 1.165) is 46.8 Å². The molecule has 1 saturated heterocycles. The minimum Gasteiger partial charge on any atom is -0.437 e. The van der Waals surface area contributed by atoms with E-state index in [1.807, 2.05) is 59.5 Å². The van der Waals surface area contributed by atoms with E-state index in [2.05, 4.69) is 43.4 Å². The predicted molar refractivity (Wildman–Crippen MR) is 131 cm³/mol. The number of nitrogens with zero attached hydrogens (tertiary/aromatic N) is 3. The van der Waals surface area contributed by atoms with Crippen LogP contribution in [0.3, 0.4) is 0 Å². The zero-order valence-electron chi connectivity index (χ0n) is 17.6. The molecule has 4 aromatic rings. The van der Waals surface area contributed by atoms with Crippen LogP contribution >= 0.6 is 9.24 Å². The molecule has 0 N–H and O–H groups in total. The van der Waals surface area contributed by atoms with Crippen molar-refractivity contribution < 1.29 is 9.21 Å². The average Bonchev–Trinajstić information content (AvgIpc) is 3.31. The fourth-order valence-electron chi connectivity index (χ4n) is 4.04. The van der Waals surface area contributed by atoms with E-state index in [1.165, 1.54) is 0 Å². The maximum absolute atomic E-state index is 13.0. The van der Waals surface area contributed by atoms with Crippen molar-refractivity contribution in [2.24, 2.45) is 0 Å². The minimum atomic E-state index is 0.0955. The highest BCUT2D eigenvalue weighted by Gasteiger charge is 2.22. The van der Waals surface area contributed by atoms with Crippen molar-refractivity contribution >= 4 is 26.5 Å². The van der Waals surface area contributed by atoms with E-state index in [9.17, 15) is 4.79 Å². The number of carbonyl (C=O) groups is 1. The van der Waals surface area contributed by atoms with Crippen molar-refractivity contribution in [2.75, 3.05) is 31.1 Å². The summed E-state index contributed by atoms with van der Waals surface area (Å²) in [5.74, 6) is 0.855. The van der Waals surface area contributed by atoms with Crippen LogP contribution in [0.25, 0.3) is 22.5 Å². The second kappa shape index (κ2) is 8.97. The molecule has 2 heterocycles. The van der Waals surface area contributed by atoms with E-state index in [-0.39, 0.29) is 5.91 Å². The van der Waals surface area contributed by atoms with Crippen LogP contribution in [-0.2, 0) is 0 Å². The molecule has 0 spiro atoms. The summed E-state index contributed by atoms with van der Waals surface area (Å²) >= 11 is 0. The third kappa shape index (κ3) is 4.30. The summed E-state index contributed by atoms with van der Waals surface area (Å²) in [7, 11) is 2.46. The topological polar surface area (TPSA) is 49.6 Å². The van der Waals surface area contributed by atoms with E-state index in [4.69, 9.17) is 4.42 Å². The monoisotopic (exact) mass is 441 g/mol. The van der Waals surface area contributed by atoms with Crippen molar-refractivity contribution in [2.45, 2.75) is 0 Å². The Kier molecular flexibility index (Phi) is 5.74. The molecule has 1 aliphatic heterocycles. The highest BCUT2D eigenvalue weighted by atomic mass is 31.0. The van der Waals surface area contributed by atoms with E-state index < -0.39 is 0 Å². The summed E-state index contributed by atoms with van der Waals surface area (Å²) in [5.41, 5.74) is 5.75. The van der Waals surface area contributed by atoms with Crippen LogP contribution < -0.4 is 10.5 Å². The number of piperazine rings is 1. The highest BCUT2D eigenvalue weighted by molar-refractivity contribution is 7.26. The van der Waals surface area contributed by atoms with Crippen molar-refractivity contribution in [3.05, 3.63) is 90.6 Å². The summed E-state index contributed by atoms with van der Waals surface area (Å²) < 4.78 is 5.56. The lowest BCUT2D eigenvalue weighted by Crippen LogP contribution is -2.48. The third-order valence-electron chi connectivity index (χ3n) is 5.85. The van der Waals surface area contributed by atoms with Gasteiger partial charge in [0, 0.05) is 43.0 Å². The van der Waals surface area contributed by atoms with Gasteiger partial charge in [-0.2, -0.15) is 0 Å². The summed E-state index contributed by atoms with van der Waals surface area (Å²) in [6.07, 6.45) is 1.73. The van der Waals surface area contributed by atoms with Gasteiger partial charge in [-0.3, -0.25) is 4.79 Å². The number of amides is 1. The number of benzene rings is 3. The Labute approximate surface area is 189 Å². The van der Waals surface area contributed by atoms with Gasteiger partial charge in [0.25, 0.3) is 5.91 Å². The zero-order valence-corrected chi connectivity index (χ0v) is 18.8. The Bertz CT molecular complexity index is 1200. The van der Waals surface area contributed by atoms with Gasteiger partial charge >= 0.3 is 0 Å². The normalized spacial score (nSPS) is 13.9. The van der Waals surface area contributed by atoms with Crippen LogP contribution in [-0.4, -0.2) is 42.0 Å². The van der Waals surface area contributed by atoms with Crippen molar-refractivity contribution in [3.8, 4) is 22.5 Å². The smallest absolute Gasteiger partial charge is 0.253 e. The number of oxazole rings is 1. The molecule has 0 bridgehead atoms. The number of hydrogen-bond acceptors (Lipinski definition) is 4. The predicted octanol–water partition coefficient (Wildman–Crippen LogP) is 4.47. The molecular formula is C26H24N3O2P. The van der Waals surface area contributed by atoms with Gasteiger partial charge < -0.3 is 14.2 Å². The molecule has 0 aliphatic carbocycles. The fraction of sp³-hybridized carbons (Fsp3) is 0.154. The largest absolute Gasteiger partial charge is 0.437 e. The number of rotatable bonds is 4. The van der Waals surface area contributed by atoms with Crippen LogP contribution in [0.4, 0.5) is 5.69 Å². The Hall–Kier alpha value is -3.43. The molecule has 1 unspecified atom stereocenters. The molecule has 1 aliphatic rings. The molecule has 160 valence electrons. The quantitative estimate of drug-likeness (QED) is 0.439. The molecule has 5 rings (SSSR count). The summed E-state index contributed by atoms with van der Waals surface area (Å²) in [4.78, 5) is 21.4. The standard InChI is InChI=1S/C26H24N3O2P/c30-25(22-8-6-20(7-9-22)19-4-2-1-3-5-19)29-16-14-28(15-17-29)23-12-10-21(11-13-23)24-18-27-26(32)31-24/h1-13,18H,14-17,32H2. The molecule has 1 amide bonds. The van der Waals surface area contributed by atoms with Gasteiger partial charge in [0.05, 0.1) is 6.20 Å². The third-order valence-corrected chi connectivity index (χ3v) is 6.11. The second-order valence-corrected chi connectivity index (χ2v) is 8.33. The Morgan fingerprint density at radius 2 is 1.41 bits per heavy atom. The zero-order chi connectivity index (χ0) is 21.9. The summed E-state index contributed by atoms with van der Waals surface area (Å²) in [5, 5.41) is 0. The fourth-order valence-corrected chi connectivity index (χ4v) is 4.25. The number of hydrogen-bond donors (Lipinski definition) is 0. The van der Waals surface area contributed by atoms with Crippen LogP contribution in [0.5, 0.6) is 0 Å². The van der Waals surface area contributed by atoms with Crippen LogP contribution in [0.15, 0.2) is 89.5 Å². The Balaban J connectivity index is 1.20. The number of aromatic nitrogens is 1. The highest BCUT2D eigenvalue weighted by Crippen LogP contribution is 2.24. The molecule has 0 radical (unpaired) electrons. The Morgan fingerprint density at radius 3 is 2.03 bits per heavy atom. The second-order valence-electron chi connectivity index (χ2n) is 7.83. The van der Waals surface area contributed by atoms with Crippen LogP contribution in [0.2, 0.25) is 0 Å². The Morgan fingerprint density at radius 1 is 0.781 bits per heavy atom. The lowest BCUT2D eigenvalue weighted by atomic mass is 10.0. The molecule has 0 saturated carbocycles. The first-order chi connectivity index (χ1) is 15.7. The van der Waals surface area contributed by atoms with Gasteiger partial charge in [0.2, 0.25) is 5.63 Å². The minimum absolute atomic E-state index is 0.0955. The van der Waals surface area contributed by atoms with E-state index in [0.29, 0.717) is 18.7 Å². The number of anilines is 1. The molecular weight excluding hydrogens is 417 g/mol. The molecule has 1 fully saturated rings. The molecule has 3 aromatic carbocycles. The summed E-state index contributed by atoms with van der Waals surface area (Å²) in [6, 6.07) is 26.4. The maximum Gasteiger partial charge on any atom is 0.253 e. The lowest BCUT2D eigenvalue weighted by molar-refractivity contribution is 0.0747. The first kappa shape index (κ1) is 20.5. The van der Waals surface area contributed by atoms with Crippen molar-refractivity contribution in [1.82, 2.24) is 9.88 Å². The lowest BCUT2D eigenvalue weighted by Gasteiger charge is -2.36. The first-order valence-electron chi connectivity index (χ1n) is 10.7. The van der Waals surface area contributed by atoms with Crippen LogP contribution in [0.1, 0.15) is 10.4 Å². The first-order valence-corrected chi connectivity index (χ1v) is 11.3. The SMILES string of the molecule is O=C(c1ccc(-c2ccccc2)cc1)N1CCN(c2ccc(-c3cnc(P)o3)cc2)CC1. The van der Waals surface area contributed by atoms with E-state index >= 15 is 0 Å². The van der Waals surface area contributed by atoms with Crippen LogP contribution in [0, 0.1) is 0 Å². The van der Waals surface area contributed by atoms with Crippen molar-refractivity contribution in [3.63, 3.8) is 0 Å². The number of carbonyl (C=O) groups excluding carboxylic acids is 1. The molecule has 1 aromatic heterocycles. The molecule has 6 heteroatoms.